The van der Waals surface area contributed by atoms with Crippen molar-refractivity contribution in [1.29, 1.82) is 0 Å². The number of ether oxygens (including phenoxy) is 2. The lowest BCUT2D eigenvalue weighted by Gasteiger charge is -2.34. The third-order valence-electron chi connectivity index (χ3n) is 5.31. The molecule has 0 saturated carbocycles. The highest BCUT2D eigenvalue weighted by atomic mass is 19.1. The van der Waals surface area contributed by atoms with E-state index in [9.17, 15) is 14.0 Å². The molecule has 0 bridgehead atoms. The second-order valence-electron chi connectivity index (χ2n) is 8.11. The highest BCUT2D eigenvalue weighted by molar-refractivity contribution is 5.95. The van der Waals surface area contributed by atoms with Gasteiger partial charge in [0, 0.05) is 37.4 Å². The first kappa shape index (κ1) is 23.4. The van der Waals surface area contributed by atoms with Crippen molar-refractivity contribution in [2.75, 3.05) is 45.2 Å². The van der Waals surface area contributed by atoms with Crippen molar-refractivity contribution in [2.45, 2.75) is 20.3 Å². The topological polar surface area (TPSA) is 71.1 Å². The number of hydrogen-bond donors (Lipinski definition) is 1. The van der Waals surface area contributed by atoms with E-state index in [1.54, 1.807) is 35.1 Å². The van der Waals surface area contributed by atoms with Crippen molar-refractivity contribution in [2.24, 2.45) is 5.92 Å². The molecule has 0 atom stereocenters. The fraction of sp³-hybridized carbons (Fsp3) is 0.417. The van der Waals surface area contributed by atoms with Crippen LogP contribution in [0.25, 0.3) is 0 Å². The molecule has 0 unspecified atom stereocenters. The molecule has 1 fully saturated rings. The van der Waals surface area contributed by atoms with Gasteiger partial charge < -0.3 is 24.6 Å². The number of carbonyl (C=O) groups is 2. The number of halogens is 1. The summed E-state index contributed by atoms with van der Waals surface area (Å²) in [5.41, 5.74) is 1.04. The molecule has 1 N–H and O–H groups in total. The lowest BCUT2D eigenvalue weighted by atomic mass is 10.1. The van der Waals surface area contributed by atoms with Crippen molar-refractivity contribution in [1.82, 2.24) is 9.80 Å². The van der Waals surface area contributed by atoms with Crippen LogP contribution in [0.5, 0.6) is 11.5 Å². The number of nitrogens with zero attached hydrogens (tertiary/aromatic N) is 2. The van der Waals surface area contributed by atoms with E-state index in [1.165, 1.54) is 24.3 Å². The van der Waals surface area contributed by atoms with Gasteiger partial charge in [-0.05, 0) is 54.8 Å². The van der Waals surface area contributed by atoms with Gasteiger partial charge in [-0.25, -0.2) is 9.18 Å². The summed E-state index contributed by atoms with van der Waals surface area (Å²) in [6.07, 6.45) is 0.933. The Bertz CT molecular complexity index is 925. The lowest BCUT2D eigenvalue weighted by molar-refractivity contribution is 0.0671. The molecule has 1 saturated heterocycles. The Morgan fingerprint density at radius 2 is 1.66 bits per heavy atom. The van der Waals surface area contributed by atoms with Gasteiger partial charge in [0.2, 0.25) is 0 Å². The maximum Gasteiger partial charge on any atom is 0.321 e. The predicted molar refractivity (Wildman–Crippen MR) is 121 cm³/mol. The zero-order valence-electron chi connectivity index (χ0n) is 18.8. The summed E-state index contributed by atoms with van der Waals surface area (Å²) in [5, 5.41) is 2.75. The standard InChI is InChI=1S/C24H30FN3O4/c1-17(2)10-15-32-21-9-4-18(16-22(21)31-3)23(29)27-11-13-28(14-12-27)24(30)26-20-7-5-19(25)6-8-20/h4-9,16-17H,10-15H2,1-3H3,(H,26,30). The Morgan fingerprint density at radius 1 is 1.00 bits per heavy atom. The number of methoxy groups -OCH3 is 1. The Labute approximate surface area is 188 Å². The highest BCUT2D eigenvalue weighted by Crippen LogP contribution is 2.29. The summed E-state index contributed by atoms with van der Waals surface area (Å²) < 4.78 is 24.2. The van der Waals surface area contributed by atoms with Gasteiger partial charge in [0.25, 0.3) is 5.91 Å². The number of rotatable bonds is 7. The monoisotopic (exact) mass is 443 g/mol. The molecule has 7 nitrogen and oxygen atoms in total. The molecular formula is C24H30FN3O4. The van der Waals surface area contributed by atoms with Crippen LogP contribution in [0, 0.1) is 11.7 Å². The third-order valence-corrected chi connectivity index (χ3v) is 5.31. The lowest BCUT2D eigenvalue weighted by Crippen LogP contribution is -2.51. The minimum absolute atomic E-state index is 0.115. The Balaban J connectivity index is 1.55. The quantitative estimate of drug-likeness (QED) is 0.695. The van der Waals surface area contributed by atoms with E-state index < -0.39 is 0 Å². The van der Waals surface area contributed by atoms with E-state index in [1.807, 2.05) is 0 Å². The van der Waals surface area contributed by atoms with Crippen LogP contribution in [-0.4, -0.2) is 61.6 Å². The minimum Gasteiger partial charge on any atom is -0.493 e. The normalized spacial score (nSPS) is 13.8. The van der Waals surface area contributed by atoms with E-state index in [4.69, 9.17) is 9.47 Å². The molecule has 1 aliphatic heterocycles. The van der Waals surface area contributed by atoms with Crippen LogP contribution in [0.15, 0.2) is 42.5 Å². The van der Waals surface area contributed by atoms with Gasteiger partial charge in [0.1, 0.15) is 5.82 Å². The maximum atomic E-state index is 13.0. The van der Waals surface area contributed by atoms with Crippen molar-refractivity contribution < 1.29 is 23.5 Å². The van der Waals surface area contributed by atoms with Gasteiger partial charge in [0.15, 0.2) is 11.5 Å². The molecule has 1 heterocycles. The van der Waals surface area contributed by atoms with Crippen LogP contribution in [-0.2, 0) is 0 Å². The van der Waals surface area contributed by atoms with Gasteiger partial charge in [-0.15, -0.1) is 0 Å². The first-order chi connectivity index (χ1) is 15.4. The molecule has 172 valence electrons. The first-order valence-electron chi connectivity index (χ1n) is 10.8. The smallest absolute Gasteiger partial charge is 0.321 e. The van der Waals surface area contributed by atoms with Gasteiger partial charge in [-0.3, -0.25) is 4.79 Å². The average Bonchev–Trinajstić information content (AvgIpc) is 2.80. The Hall–Kier alpha value is -3.29. The Kier molecular flexibility index (Phi) is 7.92. The Morgan fingerprint density at radius 3 is 2.28 bits per heavy atom. The number of piperazine rings is 1. The van der Waals surface area contributed by atoms with Crippen LogP contribution in [0.4, 0.5) is 14.9 Å². The minimum atomic E-state index is -0.359. The van der Waals surface area contributed by atoms with E-state index >= 15 is 0 Å². The van der Waals surface area contributed by atoms with E-state index in [2.05, 4.69) is 19.2 Å². The molecule has 32 heavy (non-hydrogen) atoms. The first-order valence-corrected chi connectivity index (χ1v) is 10.8. The average molecular weight is 444 g/mol. The summed E-state index contributed by atoms with van der Waals surface area (Å²) >= 11 is 0. The second kappa shape index (κ2) is 10.8. The summed E-state index contributed by atoms with van der Waals surface area (Å²) in [5.74, 6) is 1.21. The second-order valence-corrected chi connectivity index (χ2v) is 8.11. The molecule has 1 aliphatic rings. The number of urea groups is 1. The molecule has 0 aromatic heterocycles. The number of benzene rings is 2. The number of anilines is 1. The third kappa shape index (κ3) is 6.12. The molecule has 2 aromatic rings. The van der Waals surface area contributed by atoms with E-state index in [0.29, 0.717) is 61.5 Å². The fourth-order valence-electron chi connectivity index (χ4n) is 3.36. The van der Waals surface area contributed by atoms with Gasteiger partial charge in [-0.2, -0.15) is 0 Å². The molecule has 2 aromatic carbocycles. The van der Waals surface area contributed by atoms with Crippen molar-refractivity contribution >= 4 is 17.6 Å². The summed E-state index contributed by atoms with van der Waals surface area (Å²) in [6.45, 7) is 6.51. The van der Waals surface area contributed by atoms with Crippen molar-refractivity contribution in [3.63, 3.8) is 0 Å². The zero-order valence-corrected chi connectivity index (χ0v) is 18.8. The maximum absolute atomic E-state index is 13.0. The zero-order chi connectivity index (χ0) is 23.1. The van der Waals surface area contributed by atoms with Gasteiger partial charge in [-0.1, -0.05) is 13.8 Å². The summed E-state index contributed by atoms with van der Waals surface area (Å²) in [4.78, 5) is 28.7. The summed E-state index contributed by atoms with van der Waals surface area (Å²) in [7, 11) is 1.55. The number of carbonyl (C=O) groups excluding carboxylic acids is 2. The largest absolute Gasteiger partial charge is 0.493 e. The molecule has 3 rings (SSSR count). The molecule has 0 spiro atoms. The molecule has 3 amide bonds. The van der Waals surface area contributed by atoms with Crippen molar-refractivity contribution in [3.05, 3.63) is 53.8 Å². The highest BCUT2D eigenvalue weighted by Gasteiger charge is 2.25. The van der Waals surface area contributed by atoms with Gasteiger partial charge >= 0.3 is 6.03 Å². The van der Waals surface area contributed by atoms with Crippen LogP contribution >= 0.6 is 0 Å². The van der Waals surface area contributed by atoms with E-state index in [0.717, 1.165) is 6.42 Å². The van der Waals surface area contributed by atoms with E-state index in [-0.39, 0.29) is 17.8 Å². The van der Waals surface area contributed by atoms with Crippen LogP contribution < -0.4 is 14.8 Å². The summed E-state index contributed by atoms with van der Waals surface area (Å²) in [6, 6.07) is 10.5. The molecular weight excluding hydrogens is 413 g/mol. The van der Waals surface area contributed by atoms with Crippen molar-refractivity contribution in [3.8, 4) is 11.5 Å². The number of hydrogen-bond acceptors (Lipinski definition) is 4. The SMILES string of the molecule is COc1cc(C(=O)N2CCN(C(=O)Nc3ccc(F)cc3)CC2)ccc1OCCC(C)C. The molecule has 0 aliphatic carbocycles. The van der Waals surface area contributed by atoms with Crippen LogP contribution in [0.3, 0.4) is 0 Å². The predicted octanol–water partition coefficient (Wildman–Crippen LogP) is 4.25. The fourth-order valence-corrected chi connectivity index (χ4v) is 3.36. The number of amides is 3. The van der Waals surface area contributed by atoms with Crippen LogP contribution in [0.1, 0.15) is 30.6 Å². The number of nitrogens with one attached hydrogen (secondary N) is 1. The molecule has 0 radical (unpaired) electrons. The molecule has 8 heteroatoms. The van der Waals surface area contributed by atoms with Gasteiger partial charge in [0.05, 0.1) is 13.7 Å². The van der Waals surface area contributed by atoms with Crippen LogP contribution in [0.2, 0.25) is 0 Å².